The zero-order valence-electron chi connectivity index (χ0n) is 34.7. The Kier molecular flexibility index (Phi) is 18.4. The molecule has 0 aromatic carbocycles. The first-order valence-corrected chi connectivity index (χ1v) is 19.1. The molecule has 0 spiro atoms. The van der Waals surface area contributed by atoms with Gasteiger partial charge in [0.15, 0.2) is 0 Å². The highest BCUT2D eigenvalue weighted by atomic mass is 16.3. The Hall–Kier alpha value is -4.02. The van der Waals surface area contributed by atoms with E-state index in [1.807, 2.05) is 20.8 Å². The van der Waals surface area contributed by atoms with E-state index >= 15 is 0 Å². The average Bonchev–Trinajstić information content (AvgIpc) is 3.04. The van der Waals surface area contributed by atoms with Gasteiger partial charge >= 0.3 is 0 Å². The van der Waals surface area contributed by atoms with Crippen molar-refractivity contribution < 1.29 is 15.3 Å². The molecule has 53 heavy (non-hydrogen) atoms. The summed E-state index contributed by atoms with van der Waals surface area (Å²) < 4.78 is 0. The van der Waals surface area contributed by atoms with Crippen molar-refractivity contribution in [2.75, 3.05) is 0 Å². The highest BCUT2D eigenvalue weighted by Gasteiger charge is 2.40. The maximum atomic E-state index is 10.5. The van der Waals surface area contributed by atoms with Gasteiger partial charge in [-0.25, -0.2) is 0 Å². The first-order valence-electron chi connectivity index (χ1n) is 19.1. The van der Waals surface area contributed by atoms with Gasteiger partial charge < -0.3 is 15.3 Å². The third-order valence-electron chi connectivity index (χ3n) is 9.98. The molecular formula is C50H68O3. The van der Waals surface area contributed by atoms with Crippen molar-refractivity contribution >= 4 is 0 Å². The lowest BCUT2D eigenvalue weighted by Gasteiger charge is -2.40. The molecule has 0 aromatic heterocycles. The molecule has 3 atom stereocenters. The van der Waals surface area contributed by atoms with Crippen LogP contribution in [0.25, 0.3) is 0 Å². The van der Waals surface area contributed by atoms with E-state index in [4.69, 9.17) is 0 Å². The maximum Gasteiger partial charge on any atom is 0.0893 e. The molecule has 3 N–H and O–H groups in total. The standard InChI is InChI=1S/C50H68O3/c1-36(21-15-23-38(3)25-17-27-40(5)29-31-45-42(7)33-44(51)35-49(45,9)10)19-13-14-20-37(2)22-16-24-39(4)26-18-28-41(6)30-32-46-43(8)34-47(52)48(53)50(46,11)12/h13-32,44,47-48,51-53H,33-35H2,1-12H3/b14-13+,21-15+,22-16+,25-17+,26-18+,31-29+,32-30+,36-19+,37-20+,38-23+,39-24+,40-27+,41-28+/t44-,47-,48+/m1/s1. The summed E-state index contributed by atoms with van der Waals surface area (Å²) in [4.78, 5) is 0. The quantitative estimate of drug-likeness (QED) is 0.157. The van der Waals surface area contributed by atoms with Gasteiger partial charge in [-0.2, -0.15) is 0 Å². The maximum absolute atomic E-state index is 10.5. The molecule has 0 fully saturated rings. The van der Waals surface area contributed by atoms with Gasteiger partial charge in [0.2, 0.25) is 0 Å². The van der Waals surface area contributed by atoms with Crippen LogP contribution in [0, 0.1) is 10.8 Å². The van der Waals surface area contributed by atoms with E-state index in [0.29, 0.717) is 6.42 Å². The molecule has 0 aromatic rings. The van der Waals surface area contributed by atoms with Gasteiger partial charge in [0, 0.05) is 5.41 Å². The summed E-state index contributed by atoms with van der Waals surface area (Å²) in [6.45, 7) is 25.1. The number of allylic oxidation sites excluding steroid dienone is 27. The number of aliphatic hydroxyl groups is 3. The van der Waals surface area contributed by atoms with Crippen LogP contribution in [0.4, 0.5) is 0 Å². The minimum absolute atomic E-state index is 0.00427. The summed E-state index contributed by atoms with van der Waals surface area (Å²) in [5.41, 5.74) is 11.3. The van der Waals surface area contributed by atoms with E-state index in [0.717, 1.165) is 35.1 Å². The van der Waals surface area contributed by atoms with Crippen LogP contribution in [-0.2, 0) is 0 Å². The molecule has 0 amide bonds. The molecule has 3 nitrogen and oxygen atoms in total. The van der Waals surface area contributed by atoms with Crippen LogP contribution >= 0.6 is 0 Å². The van der Waals surface area contributed by atoms with E-state index in [1.165, 1.54) is 33.4 Å². The fourth-order valence-electron chi connectivity index (χ4n) is 6.85. The minimum Gasteiger partial charge on any atom is -0.393 e. The molecule has 3 heteroatoms. The van der Waals surface area contributed by atoms with Crippen molar-refractivity contribution in [1.29, 1.82) is 0 Å². The van der Waals surface area contributed by atoms with E-state index in [2.05, 4.69) is 184 Å². The van der Waals surface area contributed by atoms with Crippen LogP contribution in [0.3, 0.4) is 0 Å². The van der Waals surface area contributed by atoms with Gasteiger partial charge in [0.25, 0.3) is 0 Å². The smallest absolute Gasteiger partial charge is 0.0893 e. The Labute approximate surface area is 323 Å². The van der Waals surface area contributed by atoms with Crippen LogP contribution in [0.1, 0.15) is 102 Å². The predicted octanol–water partition coefficient (Wildman–Crippen LogP) is 12.5. The van der Waals surface area contributed by atoms with Crippen LogP contribution in [0.5, 0.6) is 0 Å². The van der Waals surface area contributed by atoms with Crippen molar-refractivity contribution in [3.8, 4) is 0 Å². The predicted molar refractivity (Wildman–Crippen MR) is 231 cm³/mol. The molecule has 286 valence electrons. The number of rotatable bonds is 14. The number of hydrogen-bond acceptors (Lipinski definition) is 3. The Bertz CT molecular complexity index is 1740. The van der Waals surface area contributed by atoms with Crippen molar-refractivity contribution in [2.45, 2.75) is 121 Å². The highest BCUT2D eigenvalue weighted by Crippen LogP contribution is 2.42. The molecule has 0 radical (unpaired) electrons. The summed E-state index contributed by atoms with van der Waals surface area (Å²) in [5, 5.41) is 30.8. The molecule has 2 rings (SSSR count). The zero-order chi connectivity index (χ0) is 39.8. The Morgan fingerprint density at radius 2 is 0.830 bits per heavy atom. The lowest BCUT2D eigenvalue weighted by Crippen LogP contribution is -2.44. The molecule has 0 unspecified atom stereocenters. The molecular weight excluding hydrogens is 649 g/mol. The van der Waals surface area contributed by atoms with Crippen molar-refractivity contribution in [3.63, 3.8) is 0 Å². The zero-order valence-corrected chi connectivity index (χ0v) is 34.7. The van der Waals surface area contributed by atoms with E-state index < -0.39 is 17.6 Å². The van der Waals surface area contributed by atoms with Crippen LogP contribution in [-0.4, -0.2) is 33.6 Å². The van der Waals surface area contributed by atoms with Gasteiger partial charge in [0.05, 0.1) is 18.3 Å². The van der Waals surface area contributed by atoms with Gasteiger partial charge in [-0.1, -0.05) is 194 Å². The van der Waals surface area contributed by atoms with Crippen molar-refractivity contribution in [2.24, 2.45) is 10.8 Å². The lowest BCUT2D eigenvalue weighted by atomic mass is 9.69. The number of hydrogen-bond donors (Lipinski definition) is 3. The summed E-state index contributed by atoms with van der Waals surface area (Å²) >= 11 is 0. The topological polar surface area (TPSA) is 60.7 Å². The first-order chi connectivity index (χ1) is 24.8. The normalized spacial score (nSPS) is 24.8. The highest BCUT2D eigenvalue weighted by molar-refractivity contribution is 5.40. The number of aliphatic hydroxyl groups excluding tert-OH is 3. The van der Waals surface area contributed by atoms with Crippen molar-refractivity contribution in [3.05, 3.63) is 177 Å². The molecule has 2 aliphatic carbocycles. The van der Waals surface area contributed by atoms with Gasteiger partial charge in [-0.3, -0.25) is 0 Å². The average molecular weight is 717 g/mol. The second-order valence-electron chi connectivity index (χ2n) is 16.2. The summed E-state index contributed by atoms with van der Waals surface area (Å²) in [5.74, 6) is 0. The fourth-order valence-corrected chi connectivity index (χ4v) is 6.85. The fraction of sp³-hybridized carbons (Fsp3) is 0.400. The summed E-state index contributed by atoms with van der Waals surface area (Å²) in [6, 6.07) is 0. The van der Waals surface area contributed by atoms with Gasteiger partial charge in [-0.15, -0.1) is 0 Å². The van der Waals surface area contributed by atoms with Crippen LogP contribution in [0.2, 0.25) is 0 Å². The Balaban J connectivity index is 1.86. The lowest BCUT2D eigenvalue weighted by molar-refractivity contribution is -0.0439. The molecule has 0 saturated carbocycles. The Morgan fingerprint density at radius 3 is 1.23 bits per heavy atom. The largest absolute Gasteiger partial charge is 0.393 e. The molecule has 2 aliphatic rings. The summed E-state index contributed by atoms with van der Waals surface area (Å²) in [7, 11) is 0. The van der Waals surface area contributed by atoms with Crippen LogP contribution < -0.4 is 0 Å². The third-order valence-corrected chi connectivity index (χ3v) is 9.98. The molecule has 0 heterocycles. The van der Waals surface area contributed by atoms with E-state index in [-0.39, 0.29) is 11.5 Å². The summed E-state index contributed by atoms with van der Waals surface area (Å²) in [6.07, 6.45) is 42.4. The van der Waals surface area contributed by atoms with Crippen molar-refractivity contribution in [1.82, 2.24) is 0 Å². The molecule has 0 aliphatic heterocycles. The van der Waals surface area contributed by atoms with Crippen LogP contribution in [0.15, 0.2) is 177 Å². The monoisotopic (exact) mass is 717 g/mol. The Morgan fingerprint density at radius 1 is 0.491 bits per heavy atom. The minimum atomic E-state index is -0.765. The van der Waals surface area contributed by atoms with Gasteiger partial charge in [-0.05, 0) is 91.2 Å². The SMILES string of the molecule is CC1=C(/C=C/C(C)=C/C=C/C(C)=C/C=C/C(C)=C/C=C/C=C(C)/C=C/C=C(C)/C=C/C=C(C)/C=C/C2=C(C)C[C@@H](O)[C@H](O)C2(C)C)C(C)(C)C[C@H](O)C1. The third kappa shape index (κ3) is 15.9. The molecule has 0 bridgehead atoms. The second-order valence-corrected chi connectivity index (χ2v) is 16.2. The van der Waals surface area contributed by atoms with E-state index in [1.54, 1.807) is 0 Å². The van der Waals surface area contributed by atoms with E-state index in [9.17, 15) is 15.3 Å². The first kappa shape index (κ1) is 45.1. The molecule has 0 saturated heterocycles. The second kappa shape index (κ2) is 21.6. The van der Waals surface area contributed by atoms with Gasteiger partial charge in [0.1, 0.15) is 0 Å².